The van der Waals surface area contributed by atoms with E-state index < -0.39 is 21.7 Å². The van der Waals surface area contributed by atoms with E-state index in [-0.39, 0.29) is 23.4 Å². The van der Waals surface area contributed by atoms with E-state index in [0.29, 0.717) is 13.0 Å². The average Bonchev–Trinajstić information content (AvgIpc) is 2.89. The van der Waals surface area contributed by atoms with Crippen LogP contribution in [0.2, 0.25) is 0 Å². The molecule has 0 aromatic heterocycles. The molecule has 1 amide bonds. The van der Waals surface area contributed by atoms with Crippen LogP contribution in [-0.4, -0.2) is 38.5 Å². The Morgan fingerprint density at radius 3 is 2.59 bits per heavy atom. The Labute approximate surface area is 176 Å². The summed E-state index contributed by atoms with van der Waals surface area (Å²) in [5.41, 5.74) is 1.67. The normalized spacial score (nSPS) is 25.8. The summed E-state index contributed by atoms with van der Waals surface area (Å²) in [6.07, 6.45) is 3.49. The second kappa shape index (κ2) is 7.75. The Bertz CT molecular complexity index is 778. The highest BCUT2D eigenvalue weighted by Crippen LogP contribution is 2.48. The van der Waals surface area contributed by atoms with E-state index in [0.717, 1.165) is 31.2 Å². The molecule has 2 aliphatic rings. The molecule has 3 rings (SSSR count). The van der Waals surface area contributed by atoms with E-state index in [1.807, 2.05) is 40.7 Å². The van der Waals surface area contributed by atoms with E-state index in [1.165, 1.54) is 11.6 Å². The molecule has 0 saturated carbocycles. The number of hydrogen-bond donors (Lipinski definition) is 1. The van der Waals surface area contributed by atoms with Gasteiger partial charge in [-0.1, -0.05) is 6.07 Å². The van der Waals surface area contributed by atoms with Crippen molar-refractivity contribution < 1.29 is 18.5 Å². The highest BCUT2D eigenvalue weighted by atomic mass is 32.2. The van der Waals surface area contributed by atoms with Gasteiger partial charge in [-0.15, -0.1) is 0 Å². The molecule has 1 spiro atoms. The summed E-state index contributed by atoms with van der Waals surface area (Å²) in [6, 6.07) is 4.91. The number of nitrogens with two attached hydrogens (primary N) is 1. The number of hydrogen-bond acceptors (Lipinski definition) is 4. The van der Waals surface area contributed by atoms with E-state index in [1.54, 1.807) is 11.0 Å². The summed E-state index contributed by atoms with van der Waals surface area (Å²) >= 11 is -1.51. The Hall–Kier alpha value is -1.31. The van der Waals surface area contributed by atoms with Crippen molar-refractivity contribution in [1.29, 1.82) is 0 Å². The van der Waals surface area contributed by atoms with Gasteiger partial charge in [0.05, 0.1) is 0 Å². The molecule has 1 aliphatic heterocycles. The second-order valence-electron chi connectivity index (χ2n) is 10.3. The smallest absolute Gasteiger partial charge is 0.410 e. The molecular formula is C22H33FN2O3S. The molecule has 2 N–H and O–H groups in total. The van der Waals surface area contributed by atoms with Crippen LogP contribution in [0.25, 0.3) is 0 Å². The first-order valence-corrected chi connectivity index (χ1v) is 11.4. The van der Waals surface area contributed by atoms with Gasteiger partial charge in [-0.25, -0.2) is 9.18 Å². The van der Waals surface area contributed by atoms with E-state index in [9.17, 15) is 13.7 Å². The van der Waals surface area contributed by atoms with E-state index in [2.05, 4.69) is 0 Å². The molecule has 1 aliphatic carbocycles. The number of likely N-dealkylation sites (tertiary alicyclic amines) is 1. The Kier molecular flexibility index (Phi) is 5.98. The number of benzene rings is 1. The minimum absolute atomic E-state index is 0.00846. The molecule has 0 bridgehead atoms. The minimum atomic E-state index is -1.51. The van der Waals surface area contributed by atoms with Crippen LogP contribution in [-0.2, 0) is 28.9 Å². The van der Waals surface area contributed by atoms with Gasteiger partial charge < -0.3 is 14.2 Å². The van der Waals surface area contributed by atoms with Crippen LogP contribution >= 0.6 is 0 Å². The third-order valence-corrected chi connectivity index (χ3v) is 7.45. The number of amides is 1. The van der Waals surface area contributed by atoms with Crippen molar-refractivity contribution in [3.63, 3.8) is 0 Å². The number of ether oxygens (including phenoxy) is 1. The number of rotatable bonds is 3. The third kappa shape index (κ3) is 5.06. The number of piperidine rings is 1. The largest absolute Gasteiger partial charge is 0.598 e. The summed E-state index contributed by atoms with van der Waals surface area (Å²) in [6.45, 7) is 9.88. The second-order valence-corrected chi connectivity index (χ2v) is 12.0. The molecule has 1 aromatic carbocycles. The number of fused-ring (bicyclic) bond motifs is 1. The van der Waals surface area contributed by atoms with Gasteiger partial charge in [0.15, 0.2) is 0 Å². The standard InChI is InChI=1S/C22H33FN2O3S/c1-20(2,3)28-19(26)25-9-8-22(14-18(25)13-21(4,5)29(24)27)11-15-6-7-17(23)10-16(15)12-22/h6-7,10,18H,8-9,11-14,24H2,1-5H3/t18?,22?,29-/m1/s1. The van der Waals surface area contributed by atoms with Crippen molar-refractivity contribution in [2.24, 2.45) is 10.6 Å². The maximum atomic E-state index is 13.7. The molecular weight excluding hydrogens is 391 g/mol. The fraction of sp³-hybridized carbons (Fsp3) is 0.682. The van der Waals surface area contributed by atoms with E-state index >= 15 is 0 Å². The topological polar surface area (TPSA) is 78.6 Å². The fourth-order valence-corrected chi connectivity index (χ4v) is 5.12. The molecule has 29 heavy (non-hydrogen) atoms. The lowest BCUT2D eigenvalue weighted by molar-refractivity contribution is -0.0101. The van der Waals surface area contributed by atoms with Crippen LogP contribution in [0, 0.1) is 11.2 Å². The van der Waals surface area contributed by atoms with Gasteiger partial charge in [-0.2, -0.15) is 5.14 Å². The van der Waals surface area contributed by atoms with Gasteiger partial charge in [-0.05, 0) is 89.0 Å². The predicted octanol–water partition coefficient (Wildman–Crippen LogP) is 4.10. The monoisotopic (exact) mass is 424 g/mol. The zero-order valence-electron chi connectivity index (χ0n) is 18.1. The van der Waals surface area contributed by atoms with Crippen LogP contribution in [0.3, 0.4) is 0 Å². The molecule has 162 valence electrons. The highest BCUT2D eigenvalue weighted by Gasteiger charge is 2.48. The van der Waals surface area contributed by atoms with Crippen molar-refractivity contribution in [2.45, 2.75) is 83.1 Å². The molecule has 2 unspecified atom stereocenters. The van der Waals surface area contributed by atoms with Crippen LogP contribution in [0.15, 0.2) is 18.2 Å². The van der Waals surface area contributed by atoms with Crippen molar-refractivity contribution in [1.82, 2.24) is 4.90 Å². The summed E-state index contributed by atoms with van der Waals surface area (Å²) < 4.78 is 30.8. The van der Waals surface area contributed by atoms with Gasteiger partial charge in [-0.3, -0.25) is 0 Å². The van der Waals surface area contributed by atoms with Gasteiger partial charge in [0, 0.05) is 30.4 Å². The lowest BCUT2D eigenvalue weighted by Gasteiger charge is -2.46. The number of halogens is 1. The van der Waals surface area contributed by atoms with Crippen LogP contribution < -0.4 is 5.14 Å². The van der Waals surface area contributed by atoms with Gasteiger partial charge in [0.1, 0.15) is 16.2 Å². The van der Waals surface area contributed by atoms with Crippen LogP contribution in [0.1, 0.15) is 65.0 Å². The van der Waals surface area contributed by atoms with Crippen molar-refractivity contribution >= 4 is 17.5 Å². The first kappa shape index (κ1) is 22.4. The van der Waals surface area contributed by atoms with Crippen LogP contribution in [0.4, 0.5) is 9.18 Å². The summed E-state index contributed by atoms with van der Waals surface area (Å²) in [7, 11) is 0. The maximum absolute atomic E-state index is 13.7. The average molecular weight is 425 g/mol. The van der Waals surface area contributed by atoms with Gasteiger partial charge in [0.2, 0.25) is 0 Å². The Morgan fingerprint density at radius 2 is 1.97 bits per heavy atom. The van der Waals surface area contributed by atoms with Crippen molar-refractivity contribution in [3.05, 3.63) is 35.1 Å². The molecule has 1 aromatic rings. The molecule has 0 radical (unpaired) electrons. The molecule has 7 heteroatoms. The highest BCUT2D eigenvalue weighted by molar-refractivity contribution is 7.90. The predicted molar refractivity (Wildman–Crippen MR) is 113 cm³/mol. The molecule has 1 heterocycles. The Morgan fingerprint density at radius 1 is 1.31 bits per heavy atom. The molecule has 1 saturated heterocycles. The van der Waals surface area contributed by atoms with Gasteiger partial charge >= 0.3 is 6.09 Å². The number of carbonyl (C=O) groups excluding carboxylic acids is 1. The molecule has 5 nitrogen and oxygen atoms in total. The summed E-state index contributed by atoms with van der Waals surface area (Å²) in [4.78, 5) is 14.7. The fourth-order valence-electron chi connectivity index (χ4n) is 4.77. The molecule has 1 fully saturated rings. The van der Waals surface area contributed by atoms with Crippen LogP contribution in [0.5, 0.6) is 0 Å². The summed E-state index contributed by atoms with van der Waals surface area (Å²) in [5, 5.41) is 5.74. The number of nitrogens with zero attached hydrogens (tertiary/aromatic N) is 1. The Balaban J connectivity index is 1.84. The molecule has 3 atom stereocenters. The SMILES string of the molecule is CC(C)(C)OC(=O)N1CCC2(Cc3ccc(F)cc3C2)CC1CC(C)(C)[S@+](N)[O-]. The lowest BCUT2D eigenvalue weighted by Crippen LogP contribution is -2.54. The third-order valence-electron chi connectivity index (χ3n) is 6.19. The minimum Gasteiger partial charge on any atom is -0.598 e. The maximum Gasteiger partial charge on any atom is 0.410 e. The zero-order valence-corrected chi connectivity index (χ0v) is 18.9. The van der Waals surface area contributed by atoms with Crippen molar-refractivity contribution in [2.75, 3.05) is 6.54 Å². The lowest BCUT2D eigenvalue weighted by atomic mass is 9.71. The van der Waals surface area contributed by atoms with Crippen molar-refractivity contribution in [3.8, 4) is 0 Å². The summed E-state index contributed by atoms with van der Waals surface area (Å²) in [5.74, 6) is -0.205. The first-order valence-electron chi connectivity index (χ1n) is 10.2. The quantitative estimate of drug-likeness (QED) is 0.741. The zero-order chi connectivity index (χ0) is 21.6. The number of carbonyl (C=O) groups is 1. The van der Waals surface area contributed by atoms with E-state index in [4.69, 9.17) is 9.88 Å². The first-order chi connectivity index (χ1) is 13.3. The van der Waals surface area contributed by atoms with Gasteiger partial charge in [0.25, 0.3) is 0 Å².